The van der Waals surface area contributed by atoms with E-state index in [0.29, 0.717) is 6.21 Å². The number of ether oxygens (including phenoxy) is 1. The zero-order valence-electron chi connectivity index (χ0n) is 15.1. The number of aliphatic hydroxyl groups excluding tert-OH is 3. The second-order valence-corrected chi connectivity index (χ2v) is 5.97. The number of ketones is 1. The van der Waals surface area contributed by atoms with E-state index < -0.39 is 54.6 Å². The van der Waals surface area contributed by atoms with Gasteiger partial charge in [-0.1, -0.05) is 0 Å². The molecule has 5 atom stereocenters. The minimum atomic E-state index is -1.31. The Morgan fingerprint density at radius 3 is 2.55 bits per heavy atom. The van der Waals surface area contributed by atoms with E-state index in [1.165, 1.54) is 12.3 Å². The van der Waals surface area contributed by atoms with Crippen LogP contribution >= 0.6 is 0 Å². The molecule has 1 aromatic rings. The number of hydrogen-bond acceptors (Lipinski definition) is 10. The summed E-state index contributed by atoms with van der Waals surface area (Å²) in [7, 11) is 0. The Morgan fingerprint density at radius 2 is 2.07 bits per heavy atom. The summed E-state index contributed by atoms with van der Waals surface area (Å²) >= 11 is 0. The van der Waals surface area contributed by atoms with Crippen LogP contribution in [0.25, 0.3) is 5.53 Å². The highest BCUT2D eigenvalue weighted by molar-refractivity contribution is 6.25. The molecule has 0 spiro atoms. The van der Waals surface area contributed by atoms with Crippen molar-refractivity contribution < 1.29 is 39.5 Å². The molecule has 0 radical (unpaired) electrons. The molecule has 2 heterocycles. The van der Waals surface area contributed by atoms with Crippen molar-refractivity contribution in [3.8, 4) is 0 Å². The van der Waals surface area contributed by atoms with Gasteiger partial charge in [-0.3, -0.25) is 14.2 Å². The Balaban J connectivity index is 0.000000311. The number of aliphatic carboxylic acids is 1. The largest absolute Gasteiger partial charge is 0.480 e. The van der Waals surface area contributed by atoms with Crippen LogP contribution in [-0.4, -0.2) is 83.7 Å². The number of carboxylic acid groups (broad SMARTS) is 1. The Labute approximate surface area is 163 Å². The molecular formula is C15H22N6O8. The topological polar surface area (TPSA) is 248 Å². The van der Waals surface area contributed by atoms with Gasteiger partial charge in [0.25, 0.3) is 0 Å². The Bertz CT molecular complexity index is 823. The first-order valence-corrected chi connectivity index (χ1v) is 8.28. The van der Waals surface area contributed by atoms with E-state index in [4.69, 9.17) is 31.9 Å². The van der Waals surface area contributed by atoms with Gasteiger partial charge in [0.05, 0.1) is 6.61 Å². The number of nitrogens with zero attached hydrogens (tertiary/aromatic N) is 4. The summed E-state index contributed by atoms with van der Waals surface area (Å²) in [6.45, 7) is -0.453. The molecular weight excluding hydrogens is 392 g/mol. The number of carbonyl (C=O) groups is 2. The molecule has 0 saturated carbocycles. The van der Waals surface area contributed by atoms with Gasteiger partial charge in [-0.25, -0.2) is 4.79 Å². The minimum absolute atomic E-state index is 0.0302. The Hall–Kier alpha value is -3.00. The first-order chi connectivity index (χ1) is 13.6. The summed E-state index contributed by atoms with van der Waals surface area (Å²) in [6.07, 6.45) is -2.54. The van der Waals surface area contributed by atoms with Crippen LogP contribution in [0.1, 0.15) is 19.1 Å². The summed E-state index contributed by atoms with van der Waals surface area (Å²) in [5.41, 5.74) is 17.6. The van der Waals surface area contributed by atoms with Crippen molar-refractivity contribution in [2.45, 2.75) is 43.4 Å². The van der Waals surface area contributed by atoms with Crippen LogP contribution in [0.15, 0.2) is 17.1 Å². The number of aromatic nitrogens is 2. The molecule has 0 aromatic carbocycles. The van der Waals surface area contributed by atoms with Crippen LogP contribution in [-0.2, 0) is 14.3 Å². The van der Waals surface area contributed by atoms with E-state index in [-0.39, 0.29) is 18.7 Å². The SMILES string of the molecule is Nc1ccn([C@@H]2O[C@H](CO)[C@@H](O)[C@H]2O)c(=O)n1.[N-]=[N+]=CC(=O)CC[C@H](N)C(=O)O. The van der Waals surface area contributed by atoms with Crippen LogP contribution in [0.3, 0.4) is 0 Å². The fourth-order valence-electron chi connectivity index (χ4n) is 2.28. The fraction of sp³-hybridized carbons (Fsp3) is 0.533. The quantitative estimate of drug-likeness (QED) is 0.145. The van der Waals surface area contributed by atoms with Gasteiger partial charge in [0, 0.05) is 12.6 Å². The maximum atomic E-state index is 11.5. The molecule has 14 heteroatoms. The maximum Gasteiger partial charge on any atom is 0.351 e. The molecule has 1 aliphatic rings. The van der Waals surface area contributed by atoms with Gasteiger partial charge >= 0.3 is 17.9 Å². The lowest BCUT2D eigenvalue weighted by Gasteiger charge is -2.16. The number of anilines is 1. The highest BCUT2D eigenvalue weighted by Crippen LogP contribution is 2.27. The molecule has 0 bridgehead atoms. The number of nitrogen functional groups attached to an aromatic ring is 1. The van der Waals surface area contributed by atoms with Crippen LogP contribution in [0.2, 0.25) is 0 Å². The standard InChI is InChI=1S/C9H13N3O5.C6H9N3O3/c10-5-1-2-12(9(16)11-5)8-7(15)6(14)4(3-13)17-8;7-5(6(11)12)2-1-4(10)3-9-8/h1-2,4,6-8,13-15H,3H2,(H2,10,11,16);3,5H,1-2,7H2,(H,11,12)/t4-,6-,7-,8-;5-/m10/s1. The molecule has 160 valence electrons. The van der Waals surface area contributed by atoms with E-state index in [0.717, 1.165) is 4.57 Å². The highest BCUT2D eigenvalue weighted by atomic mass is 16.6. The van der Waals surface area contributed by atoms with Gasteiger partial charge in [0.1, 0.15) is 30.2 Å². The van der Waals surface area contributed by atoms with E-state index >= 15 is 0 Å². The first-order valence-electron chi connectivity index (χ1n) is 8.28. The summed E-state index contributed by atoms with van der Waals surface area (Å²) in [5, 5.41) is 36.5. The third-order valence-corrected chi connectivity index (χ3v) is 3.86. The summed E-state index contributed by atoms with van der Waals surface area (Å²) in [5.74, 6) is -1.55. The van der Waals surface area contributed by atoms with Crippen molar-refractivity contribution in [3.63, 3.8) is 0 Å². The number of hydrogen-bond donors (Lipinski definition) is 6. The van der Waals surface area contributed by atoms with Crippen molar-refractivity contribution in [2.75, 3.05) is 12.3 Å². The van der Waals surface area contributed by atoms with Gasteiger partial charge < -0.3 is 42.2 Å². The van der Waals surface area contributed by atoms with E-state index in [2.05, 4.69) is 9.77 Å². The molecule has 0 amide bonds. The van der Waals surface area contributed by atoms with E-state index in [9.17, 15) is 24.6 Å². The smallest absolute Gasteiger partial charge is 0.351 e. The van der Waals surface area contributed by atoms with Crippen LogP contribution < -0.4 is 17.2 Å². The van der Waals surface area contributed by atoms with Crippen molar-refractivity contribution in [1.82, 2.24) is 9.55 Å². The van der Waals surface area contributed by atoms with E-state index in [1.807, 2.05) is 0 Å². The Morgan fingerprint density at radius 1 is 1.41 bits per heavy atom. The molecule has 14 nitrogen and oxygen atoms in total. The molecule has 1 saturated heterocycles. The maximum absolute atomic E-state index is 11.5. The predicted molar refractivity (Wildman–Crippen MR) is 95.5 cm³/mol. The summed E-state index contributed by atoms with van der Waals surface area (Å²) in [6, 6.07) is 0.330. The zero-order chi connectivity index (χ0) is 22.1. The lowest BCUT2D eigenvalue weighted by molar-refractivity contribution is -0.138. The summed E-state index contributed by atoms with van der Waals surface area (Å²) in [4.78, 5) is 38.2. The van der Waals surface area contributed by atoms with Crippen molar-refractivity contribution >= 4 is 23.8 Å². The molecule has 29 heavy (non-hydrogen) atoms. The lowest BCUT2D eigenvalue weighted by Crippen LogP contribution is -2.36. The van der Waals surface area contributed by atoms with Crippen LogP contribution in [0, 0.1) is 0 Å². The molecule has 1 aliphatic heterocycles. The molecule has 2 rings (SSSR count). The number of carbonyl (C=O) groups excluding carboxylic acids is 1. The van der Waals surface area contributed by atoms with Gasteiger partial charge in [-0.05, 0) is 12.5 Å². The average molecular weight is 414 g/mol. The molecule has 1 aromatic heterocycles. The predicted octanol–water partition coefficient (Wildman–Crippen LogP) is -3.51. The monoisotopic (exact) mass is 414 g/mol. The Kier molecular flexibility index (Phi) is 9.21. The second kappa shape index (κ2) is 11.1. The number of aliphatic hydroxyl groups is 3. The van der Waals surface area contributed by atoms with Gasteiger partial charge in [0.15, 0.2) is 6.23 Å². The third-order valence-electron chi connectivity index (χ3n) is 3.86. The lowest BCUT2D eigenvalue weighted by atomic mass is 10.1. The van der Waals surface area contributed by atoms with Gasteiger partial charge in [-0.2, -0.15) is 9.77 Å². The average Bonchev–Trinajstić information content (AvgIpc) is 2.95. The van der Waals surface area contributed by atoms with Crippen LogP contribution in [0.5, 0.6) is 0 Å². The van der Waals surface area contributed by atoms with Crippen LogP contribution in [0.4, 0.5) is 5.82 Å². The molecule has 0 aliphatic carbocycles. The number of nitrogens with two attached hydrogens (primary N) is 2. The molecule has 8 N–H and O–H groups in total. The number of Topliss-reactive ketones (excluding diaryl/α,β-unsaturated/α-hetero) is 1. The fourth-order valence-corrected chi connectivity index (χ4v) is 2.28. The zero-order valence-corrected chi connectivity index (χ0v) is 15.1. The van der Waals surface area contributed by atoms with Crippen molar-refractivity contribution in [3.05, 3.63) is 28.3 Å². The minimum Gasteiger partial charge on any atom is -0.480 e. The van der Waals surface area contributed by atoms with Crippen molar-refractivity contribution in [1.29, 1.82) is 0 Å². The van der Waals surface area contributed by atoms with Crippen molar-refractivity contribution in [2.24, 2.45) is 5.73 Å². The second-order valence-electron chi connectivity index (χ2n) is 5.97. The first kappa shape index (κ1) is 24.0. The van der Waals surface area contributed by atoms with Gasteiger partial charge in [0.2, 0.25) is 5.78 Å². The molecule has 0 unspecified atom stereocenters. The normalized spacial score (nSPS) is 24.0. The van der Waals surface area contributed by atoms with Gasteiger partial charge in [-0.15, -0.1) is 0 Å². The summed E-state index contributed by atoms with van der Waals surface area (Å²) < 4.78 is 6.19. The number of rotatable bonds is 7. The third kappa shape index (κ3) is 6.83. The highest BCUT2D eigenvalue weighted by Gasteiger charge is 2.43. The van der Waals surface area contributed by atoms with E-state index in [1.54, 1.807) is 0 Å². The molecule has 1 fully saturated rings. The number of carboxylic acids is 1.